The van der Waals surface area contributed by atoms with Crippen molar-refractivity contribution in [2.75, 3.05) is 6.61 Å². The summed E-state index contributed by atoms with van der Waals surface area (Å²) in [5, 5.41) is 4.03. The molecule has 0 amide bonds. The van der Waals surface area contributed by atoms with Crippen LogP contribution in [0.25, 0.3) is 11.0 Å². The molecule has 8 heteroatoms. The number of fused-ring (bicyclic) bond motifs is 1. The number of alkyl halides is 3. The number of pyridine rings is 1. The Hall–Kier alpha value is -1.41. The zero-order chi connectivity index (χ0) is 15.7. The summed E-state index contributed by atoms with van der Waals surface area (Å²) >= 11 is 0. The van der Waals surface area contributed by atoms with Gasteiger partial charge in [-0.05, 0) is 18.2 Å². The highest BCUT2D eigenvalue weighted by molar-refractivity contribution is 6.76. The van der Waals surface area contributed by atoms with Gasteiger partial charge in [0.15, 0.2) is 0 Å². The first kappa shape index (κ1) is 16.0. The van der Waals surface area contributed by atoms with Crippen LogP contribution in [0.5, 0.6) is 0 Å². The van der Waals surface area contributed by atoms with Crippen LogP contribution in [-0.4, -0.2) is 29.4 Å². The number of halogens is 3. The van der Waals surface area contributed by atoms with E-state index >= 15 is 0 Å². The SMILES string of the molecule is C[Si](C)(C)CCOCn1ncc2nc(C(F)(F)F)ccc21. The zero-order valence-corrected chi connectivity index (χ0v) is 13.2. The van der Waals surface area contributed by atoms with E-state index in [1.807, 2.05) is 0 Å². The molecule has 0 aliphatic heterocycles. The second-order valence-corrected chi connectivity index (χ2v) is 11.7. The molecule has 0 radical (unpaired) electrons. The molecule has 4 nitrogen and oxygen atoms in total. The van der Waals surface area contributed by atoms with Crippen LogP contribution >= 0.6 is 0 Å². The van der Waals surface area contributed by atoms with E-state index in [4.69, 9.17) is 4.74 Å². The fraction of sp³-hybridized carbons (Fsp3) is 0.538. The first-order valence-corrected chi connectivity index (χ1v) is 10.3. The van der Waals surface area contributed by atoms with Crippen molar-refractivity contribution in [2.24, 2.45) is 0 Å². The number of hydrogen-bond donors (Lipinski definition) is 0. The molecule has 0 unspecified atom stereocenters. The smallest absolute Gasteiger partial charge is 0.360 e. The summed E-state index contributed by atoms with van der Waals surface area (Å²) in [5.74, 6) is 0. The Balaban J connectivity index is 2.05. The molecule has 0 aliphatic carbocycles. The van der Waals surface area contributed by atoms with Crippen LogP contribution in [0.15, 0.2) is 18.3 Å². The van der Waals surface area contributed by atoms with E-state index in [0.717, 1.165) is 12.1 Å². The fourth-order valence-corrected chi connectivity index (χ4v) is 2.51. The lowest BCUT2D eigenvalue weighted by molar-refractivity contribution is -0.140. The third-order valence-corrected chi connectivity index (χ3v) is 4.70. The van der Waals surface area contributed by atoms with E-state index in [1.165, 1.54) is 16.9 Å². The number of rotatable bonds is 5. The van der Waals surface area contributed by atoms with E-state index < -0.39 is 19.9 Å². The van der Waals surface area contributed by atoms with Crippen LogP contribution in [0, 0.1) is 0 Å². The molecule has 0 N–H and O–H groups in total. The summed E-state index contributed by atoms with van der Waals surface area (Å²) in [6.45, 7) is 7.61. The standard InChI is InChI=1S/C13H18F3N3OSi/c1-21(2,3)7-6-20-9-19-11-4-5-12(13(14,15)16)18-10(11)8-17-19/h4-5,8H,6-7,9H2,1-3H3. The Bertz CT molecular complexity index is 619. The minimum absolute atomic E-state index is 0.221. The van der Waals surface area contributed by atoms with Crippen molar-refractivity contribution >= 4 is 19.1 Å². The highest BCUT2D eigenvalue weighted by Crippen LogP contribution is 2.28. The van der Waals surface area contributed by atoms with Crippen molar-refractivity contribution in [2.45, 2.75) is 38.6 Å². The molecule has 0 saturated carbocycles. The Kier molecular flexibility index (Phi) is 4.38. The van der Waals surface area contributed by atoms with Gasteiger partial charge in [-0.3, -0.25) is 0 Å². The van der Waals surface area contributed by atoms with Crippen molar-refractivity contribution in [3.63, 3.8) is 0 Å². The van der Waals surface area contributed by atoms with Crippen LogP contribution in [0.2, 0.25) is 25.7 Å². The van der Waals surface area contributed by atoms with E-state index in [1.54, 1.807) is 0 Å². The third-order valence-electron chi connectivity index (χ3n) is 3.00. The van der Waals surface area contributed by atoms with E-state index in [2.05, 4.69) is 29.7 Å². The highest BCUT2D eigenvalue weighted by Gasteiger charge is 2.32. The van der Waals surface area contributed by atoms with Gasteiger partial charge < -0.3 is 4.74 Å². The Morgan fingerprint density at radius 3 is 2.57 bits per heavy atom. The molecule has 0 aromatic carbocycles. The molecule has 2 heterocycles. The summed E-state index contributed by atoms with van der Waals surface area (Å²) < 4.78 is 44.8. The Labute approximate surface area is 121 Å². The molecular formula is C13H18F3N3OSi. The molecular weight excluding hydrogens is 299 g/mol. The maximum atomic E-state index is 12.6. The van der Waals surface area contributed by atoms with Crippen molar-refractivity contribution < 1.29 is 17.9 Å². The molecule has 0 spiro atoms. The van der Waals surface area contributed by atoms with Crippen molar-refractivity contribution in [3.8, 4) is 0 Å². The van der Waals surface area contributed by atoms with Crippen molar-refractivity contribution in [3.05, 3.63) is 24.0 Å². The van der Waals surface area contributed by atoms with E-state index in [-0.39, 0.29) is 12.2 Å². The van der Waals surface area contributed by atoms with Crippen molar-refractivity contribution in [1.82, 2.24) is 14.8 Å². The minimum atomic E-state index is -4.44. The molecule has 0 aliphatic rings. The first-order chi connectivity index (χ1) is 9.67. The van der Waals surface area contributed by atoms with Gasteiger partial charge in [-0.15, -0.1) is 0 Å². The summed E-state index contributed by atoms with van der Waals surface area (Å²) in [4.78, 5) is 3.58. The molecule has 0 atom stereocenters. The Morgan fingerprint density at radius 1 is 1.24 bits per heavy atom. The predicted molar refractivity (Wildman–Crippen MR) is 76.6 cm³/mol. The molecule has 0 bridgehead atoms. The van der Waals surface area contributed by atoms with Gasteiger partial charge in [-0.25, -0.2) is 9.67 Å². The van der Waals surface area contributed by atoms with Crippen LogP contribution in [0.3, 0.4) is 0 Å². The fourth-order valence-electron chi connectivity index (χ4n) is 1.76. The highest BCUT2D eigenvalue weighted by atomic mass is 28.3. The van der Waals surface area contributed by atoms with Gasteiger partial charge >= 0.3 is 6.18 Å². The van der Waals surface area contributed by atoms with Crippen molar-refractivity contribution in [1.29, 1.82) is 0 Å². The lowest BCUT2D eigenvalue weighted by atomic mass is 10.3. The van der Waals surface area contributed by atoms with Crippen LogP contribution in [0.4, 0.5) is 13.2 Å². The summed E-state index contributed by atoms with van der Waals surface area (Å²) in [7, 11) is -1.15. The average molecular weight is 317 g/mol. The molecule has 116 valence electrons. The van der Waals surface area contributed by atoms with Gasteiger partial charge in [0.2, 0.25) is 0 Å². The van der Waals surface area contributed by atoms with Gasteiger partial charge in [0.1, 0.15) is 17.9 Å². The lowest BCUT2D eigenvalue weighted by Gasteiger charge is -2.15. The summed E-state index contributed by atoms with van der Waals surface area (Å²) in [5.41, 5.74) is -0.149. The molecule has 21 heavy (non-hydrogen) atoms. The van der Waals surface area contributed by atoms with Gasteiger partial charge in [0.25, 0.3) is 0 Å². The number of aromatic nitrogens is 3. The van der Waals surface area contributed by atoms with Gasteiger partial charge in [-0.2, -0.15) is 18.3 Å². The summed E-state index contributed by atoms with van der Waals surface area (Å²) in [6.07, 6.45) is -3.11. The van der Waals surface area contributed by atoms with E-state index in [0.29, 0.717) is 12.1 Å². The van der Waals surface area contributed by atoms with Gasteiger partial charge in [0, 0.05) is 14.7 Å². The number of nitrogens with zero attached hydrogens (tertiary/aromatic N) is 3. The molecule has 2 rings (SSSR count). The second kappa shape index (κ2) is 5.76. The third kappa shape index (κ3) is 4.27. The molecule has 2 aromatic heterocycles. The quantitative estimate of drug-likeness (QED) is 0.622. The van der Waals surface area contributed by atoms with Gasteiger partial charge in [0.05, 0.1) is 11.7 Å². The van der Waals surface area contributed by atoms with Crippen LogP contribution in [-0.2, 0) is 17.6 Å². The number of ether oxygens (including phenoxy) is 1. The second-order valence-electron chi connectivity index (χ2n) is 6.09. The topological polar surface area (TPSA) is 39.9 Å². The minimum Gasteiger partial charge on any atom is -0.360 e. The summed E-state index contributed by atoms with van der Waals surface area (Å²) in [6, 6.07) is 3.37. The molecule has 0 fully saturated rings. The van der Waals surface area contributed by atoms with Crippen LogP contribution in [0.1, 0.15) is 5.69 Å². The first-order valence-electron chi connectivity index (χ1n) is 6.64. The zero-order valence-electron chi connectivity index (χ0n) is 12.2. The largest absolute Gasteiger partial charge is 0.433 e. The Morgan fingerprint density at radius 2 is 1.95 bits per heavy atom. The average Bonchev–Trinajstić information content (AvgIpc) is 2.75. The number of hydrogen-bond acceptors (Lipinski definition) is 3. The van der Waals surface area contributed by atoms with Crippen LogP contribution < -0.4 is 0 Å². The predicted octanol–water partition coefficient (Wildman–Crippen LogP) is 3.76. The normalized spacial score (nSPS) is 13.0. The molecule has 2 aromatic rings. The van der Waals surface area contributed by atoms with Gasteiger partial charge in [-0.1, -0.05) is 19.6 Å². The maximum absolute atomic E-state index is 12.6. The molecule has 0 saturated heterocycles. The van der Waals surface area contributed by atoms with E-state index in [9.17, 15) is 13.2 Å². The monoisotopic (exact) mass is 317 g/mol. The lowest BCUT2D eigenvalue weighted by Crippen LogP contribution is -2.22. The maximum Gasteiger partial charge on any atom is 0.433 e.